The van der Waals surface area contributed by atoms with Crippen LogP contribution in [-0.4, -0.2) is 49.7 Å². The van der Waals surface area contributed by atoms with E-state index in [1.165, 1.54) is 0 Å². The molecule has 0 bridgehead atoms. The SMILES string of the molecule is CCCN(CC)C(=O)COC1CNC1. The first-order valence-corrected chi connectivity index (χ1v) is 5.38. The van der Waals surface area contributed by atoms with E-state index in [1.54, 1.807) is 0 Å². The molecule has 0 spiro atoms. The smallest absolute Gasteiger partial charge is 0.248 e. The zero-order valence-corrected chi connectivity index (χ0v) is 9.08. The summed E-state index contributed by atoms with van der Waals surface area (Å²) in [4.78, 5) is 13.4. The molecule has 1 aliphatic rings. The highest BCUT2D eigenvalue weighted by Gasteiger charge is 2.19. The Bertz CT molecular complexity index is 181. The Morgan fingerprint density at radius 3 is 2.64 bits per heavy atom. The Kier molecular flexibility index (Phi) is 4.90. The fraction of sp³-hybridized carbons (Fsp3) is 0.900. The summed E-state index contributed by atoms with van der Waals surface area (Å²) in [6.45, 7) is 7.69. The van der Waals surface area contributed by atoms with Crippen molar-refractivity contribution >= 4 is 5.91 Å². The van der Waals surface area contributed by atoms with Gasteiger partial charge in [0.15, 0.2) is 0 Å². The van der Waals surface area contributed by atoms with Crippen molar-refractivity contribution in [3.63, 3.8) is 0 Å². The molecule has 1 fully saturated rings. The summed E-state index contributed by atoms with van der Waals surface area (Å²) >= 11 is 0. The first-order chi connectivity index (χ1) is 6.77. The van der Waals surface area contributed by atoms with E-state index in [9.17, 15) is 4.79 Å². The predicted octanol–water partition coefficient (Wildman–Crippen LogP) is 0.233. The summed E-state index contributed by atoms with van der Waals surface area (Å²) in [6.07, 6.45) is 1.25. The third kappa shape index (κ3) is 3.27. The van der Waals surface area contributed by atoms with E-state index < -0.39 is 0 Å². The topological polar surface area (TPSA) is 41.6 Å². The fourth-order valence-corrected chi connectivity index (χ4v) is 1.39. The summed E-state index contributed by atoms with van der Waals surface area (Å²) < 4.78 is 5.42. The second-order valence-corrected chi connectivity index (χ2v) is 3.56. The van der Waals surface area contributed by atoms with Crippen molar-refractivity contribution < 1.29 is 9.53 Å². The van der Waals surface area contributed by atoms with Gasteiger partial charge in [0.05, 0.1) is 6.10 Å². The van der Waals surface area contributed by atoms with Crippen LogP contribution >= 0.6 is 0 Å². The normalized spacial score (nSPS) is 16.4. The van der Waals surface area contributed by atoms with Gasteiger partial charge in [-0.1, -0.05) is 6.92 Å². The van der Waals surface area contributed by atoms with Crippen molar-refractivity contribution in [3.8, 4) is 0 Å². The van der Waals surface area contributed by atoms with Gasteiger partial charge < -0.3 is 15.0 Å². The number of nitrogens with one attached hydrogen (secondary N) is 1. The number of amides is 1. The lowest BCUT2D eigenvalue weighted by atomic mass is 10.2. The van der Waals surface area contributed by atoms with Crippen molar-refractivity contribution in [2.75, 3.05) is 32.8 Å². The van der Waals surface area contributed by atoms with Crippen LogP contribution in [0.3, 0.4) is 0 Å². The highest BCUT2D eigenvalue weighted by Crippen LogP contribution is 2.00. The molecule has 0 radical (unpaired) electrons. The van der Waals surface area contributed by atoms with Gasteiger partial charge in [-0.3, -0.25) is 4.79 Å². The molecule has 0 saturated carbocycles. The van der Waals surface area contributed by atoms with E-state index in [1.807, 2.05) is 11.8 Å². The van der Waals surface area contributed by atoms with Gasteiger partial charge in [-0.05, 0) is 13.3 Å². The van der Waals surface area contributed by atoms with Gasteiger partial charge in [0.2, 0.25) is 5.91 Å². The van der Waals surface area contributed by atoms with Crippen LogP contribution in [0, 0.1) is 0 Å². The highest BCUT2D eigenvalue weighted by atomic mass is 16.5. The van der Waals surface area contributed by atoms with Gasteiger partial charge in [0.1, 0.15) is 6.61 Å². The van der Waals surface area contributed by atoms with E-state index >= 15 is 0 Å². The Morgan fingerprint density at radius 1 is 1.50 bits per heavy atom. The molecule has 0 aromatic rings. The zero-order chi connectivity index (χ0) is 10.4. The molecular weight excluding hydrogens is 180 g/mol. The van der Waals surface area contributed by atoms with Gasteiger partial charge in [0.25, 0.3) is 0 Å². The molecule has 1 N–H and O–H groups in total. The van der Waals surface area contributed by atoms with E-state index in [0.29, 0.717) is 0 Å². The van der Waals surface area contributed by atoms with E-state index in [-0.39, 0.29) is 18.6 Å². The molecule has 0 aromatic carbocycles. The maximum absolute atomic E-state index is 11.6. The quantitative estimate of drug-likeness (QED) is 0.667. The molecule has 0 unspecified atom stereocenters. The fourth-order valence-electron chi connectivity index (χ4n) is 1.39. The molecule has 1 rings (SSSR count). The summed E-state index contributed by atoms with van der Waals surface area (Å²) in [5.74, 6) is 0.112. The average Bonchev–Trinajstić information content (AvgIpc) is 2.11. The van der Waals surface area contributed by atoms with Gasteiger partial charge in [0, 0.05) is 26.2 Å². The van der Waals surface area contributed by atoms with Crippen LogP contribution in [0.5, 0.6) is 0 Å². The predicted molar refractivity (Wildman–Crippen MR) is 55.2 cm³/mol. The van der Waals surface area contributed by atoms with E-state index in [2.05, 4.69) is 12.2 Å². The molecule has 14 heavy (non-hydrogen) atoms. The monoisotopic (exact) mass is 200 g/mol. The first-order valence-electron chi connectivity index (χ1n) is 5.38. The minimum Gasteiger partial charge on any atom is -0.366 e. The summed E-state index contributed by atoms with van der Waals surface area (Å²) in [6, 6.07) is 0. The standard InChI is InChI=1S/C10H20N2O2/c1-3-5-12(4-2)10(13)8-14-9-6-11-7-9/h9,11H,3-8H2,1-2H3. The molecule has 1 aliphatic heterocycles. The molecule has 82 valence electrons. The minimum absolute atomic E-state index is 0.112. The molecular formula is C10H20N2O2. The van der Waals surface area contributed by atoms with Crippen molar-refractivity contribution in [2.45, 2.75) is 26.4 Å². The lowest BCUT2D eigenvalue weighted by molar-refractivity contribution is -0.139. The maximum atomic E-state index is 11.6. The molecule has 0 aliphatic carbocycles. The van der Waals surface area contributed by atoms with E-state index in [4.69, 9.17) is 4.74 Å². The summed E-state index contributed by atoms with van der Waals surface area (Å²) in [5.41, 5.74) is 0. The summed E-state index contributed by atoms with van der Waals surface area (Å²) in [7, 11) is 0. The van der Waals surface area contributed by atoms with Gasteiger partial charge in [-0.2, -0.15) is 0 Å². The van der Waals surface area contributed by atoms with Crippen LogP contribution in [0.4, 0.5) is 0 Å². The lowest BCUT2D eigenvalue weighted by Gasteiger charge is -2.28. The Balaban J connectivity index is 2.16. The Morgan fingerprint density at radius 2 is 2.21 bits per heavy atom. The Hall–Kier alpha value is -0.610. The number of carbonyl (C=O) groups is 1. The van der Waals surface area contributed by atoms with Crippen molar-refractivity contribution in [3.05, 3.63) is 0 Å². The number of hydrogen-bond acceptors (Lipinski definition) is 3. The number of nitrogens with zero attached hydrogens (tertiary/aromatic N) is 1. The third-order valence-corrected chi connectivity index (χ3v) is 2.41. The highest BCUT2D eigenvalue weighted by molar-refractivity contribution is 5.77. The zero-order valence-electron chi connectivity index (χ0n) is 9.08. The van der Waals surface area contributed by atoms with Crippen molar-refractivity contribution in [2.24, 2.45) is 0 Å². The van der Waals surface area contributed by atoms with Crippen LogP contribution in [-0.2, 0) is 9.53 Å². The van der Waals surface area contributed by atoms with Crippen molar-refractivity contribution in [1.82, 2.24) is 10.2 Å². The number of hydrogen-bond donors (Lipinski definition) is 1. The van der Waals surface area contributed by atoms with Crippen LogP contribution in [0.15, 0.2) is 0 Å². The lowest BCUT2D eigenvalue weighted by Crippen LogP contribution is -2.49. The van der Waals surface area contributed by atoms with Crippen LogP contribution in [0.25, 0.3) is 0 Å². The molecule has 0 atom stereocenters. The average molecular weight is 200 g/mol. The Labute approximate surface area is 85.6 Å². The molecule has 1 heterocycles. The van der Waals surface area contributed by atoms with Crippen LogP contribution in [0.1, 0.15) is 20.3 Å². The molecule has 4 heteroatoms. The third-order valence-electron chi connectivity index (χ3n) is 2.41. The molecule has 1 amide bonds. The number of likely N-dealkylation sites (N-methyl/N-ethyl adjacent to an activating group) is 1. The second-order valence-electron chi connectivity index (χ2n) is 3.56. The number of ether oxygens (including phenoxy) is 1. The molecule has 1 saturated heterocycles. The molecule has 4 nitrogen and oxygen atoms in total. The van der Waals surface area contributed by atoms with Gasteiger partial charge in [-0.25, -0.2) is 0 Å². The van der Waals surface area contributed by atoms with Crippen molar-refractivity contribution in [1.29, 1.82) is 0 Å². The largest absolute Gasteiger partial charge is 0.366 e. The van der Waals surface area contributed by atoms with Crippen LogP contribution < -0.4 is 5.32 Å². The number of rotatable bonds is 6. The minimum atomic E-state index is 0.112. The van der Waals surface area contributed by atoms with E-state index in [0.717, 1.165) is 32.6 Å². The van der Waals surface area contributed by atoms with Gasteiger partial charge in [-0.15, -0.1) is 0 Å². The van der Waals surface area contributed by atoms with Gasteiger partial charge >= 0.3 is 0 Å². The summed E-state index contributed by atoms with van der Waals surface area (Å²) in [5, 5.41) is 3.10. The first kappa shape index (κ1) is 11.5. The number of carbonyl (C=O) groups excluding carboxylic acids is 1. The van der Waals surface area contributed by atoms with Crippen LogP contribution in [0.2, 0.25) is 0 Å². The second kappa shape index (κ2) is 5.98. The molecule has 0 aromatic heterocycles. The maximum Gasteiger partial charge on any atom is 0.248 e.